The lowest BCUT2D eigenvalue weighted by atomic mass is 9.96. The second kappa shape index (κ2) is 5.90. The van der Waals surface area contributed by atoms with Crippen molar-refractivity contribution in [3.8, 4) is 0 Å². The van der Waals surface area contributed by atoms with Gasteiger partial charge >= 0.3 is 12.1 Å². The molecule has 0 aromatic heterocycles. The van der Waals surface area contributed by atoms with E-state index in [0.717, 1.165) is 12.3 Å². The average Bonchev–Trinajstić information content (AvgIpc) is 2.20. The van der Waals surface area contributed by atoms with Crippen molar-refractivity contribution < 1.29 is 23.1 Å². The minimum Gasteiger partial charge on any atom is -0.481 e. The van der Waals surface area contributed by atoms with Crippen LogP contribution in [0.1, 0.15) is 13.3 Å². The maximum Gasteiger partial charge on any atom is 0.433 e. The highest BCUT2D eigenvalue weighted by molar-refractivity contribution is 5.67. The number of nitrogens with zero attached hydrogens (tertiary/aromatic N) is 2. The van der Waals surface area contributed by atoms with Gasteiger partial charge in [0, 0.05) is 30.9 Å². The zero-order valence-electron chi connectivity index (χ0n) is 10.4. The summed E-state index contributed by atoms with van der Waals surface area (Å²) in [6, 6.07) is 0. The van der Waals surface area contributed by atoms with Crippen LogP contribution in [0.3, 0.4) is 0 Å². The first-order valence-electron chi connectivity index (χ1n) is 5.67. The normalized spacial score (nSPS) is 17.7. The molecule has 1 aliphatic rings. The summed E-state index contributed by atoms with van der Waals surface area (Å²) in [5, 5.41) is 8.58. The van der Waals surface area contributed by atoms with Crippen LogP contribution in [0.15, 0.2) is 29.0 Å². The molecule has 1 fully saturated rings. The molecule has 0 amide bonds. The van der Waals surface area contributed by atoms with Crippen LogP contribution in [0.2, 0.25) is 0 Å². The molecule has 0 spiro atoms. The van der Waals surface area contributed by atoms with Crippen molar-refractivity contribution in [3.63, 3.8) is 0 Å². The number of aliphatic carboxylic acids is 1. The molecule has 19 heavy (non-hydrogen) atoms. The first-order valence-corrected chi connectivity index (χ1v) is 5.67. The number of halogens is 3. The molecule has 1 aliphatic heterocycles. The van der Waals surface area contributed by atoms with Crippen molar-refractivity contribution in [1.82, 2.24) is 4.90 Å². The summed E-state index contributed by atoms with van der Waals surface area (Å²) in [7, 11) is 0. The zero-order valence-corrected chi connectivity index (χ0v) is 10.4. The standard InChI is InChI=1S/C12H15F3N2O2/c1-3-16-10(12(13,14)15)4-8(2)17-6-9(7-17)5-11(18)19/h3-4,9H,2,5-7H2,1H3,(H,18,19)/b10-4-,16-3?. The molecule has 0 atom stereocenters. The summed E-state index contributed by atoms with van der Waals surface area (Å²) >= 11 is 0. The molecule has 0 unspecified atom stereocenters. The van der Waals surface area contributed by atoms with E-state index in [-0.39, 0.29) is 18.0 Å². The van der Waals surface area contributed by atoms with E-state index in [4.69, 9.17) is 5.11 Å². The van der Waals surface area contributed by atoms with Crippen molar-refractivity contribution in [2.45, 2.75) is 19.5 Å². The van der Waals surface area contributed by atoms with E-state index in [1.54, 1.807) is 4.90 Å². The monoisotopic (exact) mass is 276 g/mol. The quantitative estimate of drug-likeness (QED) is 0.620. The van der Waals surface area contributed by atoms with Gasteiger partial charge in [-0.2, -0.15) is 13.2 Å². The highest BCUT2D eigenvalue weighted by Crippen LogP contribution is 2.30. The molecule has 0 aliphatic carbocycles. The van der Waals surface area contributed by atoms with Gasteiger partial charge in [0.2, 0.25) is 0 Å². The predicted molar refractivity (Wildman–Crippen MR) is 64.8 cm³/mol. The summed E-state index contributed by atoms with van der Waals surface area (Å²) in [6.07, 6.45) is -2.57. The summed E-state index contributed by atoms with van der Waals surface area (Å²) in [4.78, 5) is 15.3. The fraction of sp³-hybridized carbons (Fsp3) is 0.500. The Bertz CT molecular complexity index is 421. The lowest BCUT2D eigenvalue weighted by Crippen LogP contribution is -2.46. The Morgan fingerprint density at radius 2 is 2.11 bits per heavy atom. The van der Waals surface area contributed by atoms with Gasteiger partial charge in [-0.1, -0.05) is 6.58 Å². The van der Waals surface area contributed by atoms with Crippen molar-refractivity contribution in [3.05, 3.63) is 24.0 Å². The van der Waals surface area contributed by atoms with E-state index < -0.39 is 17.8 Å². The minimum atomic E-state index is -4.53. The molecule has 0 saturated carbocycles. The highest BCUT2D eigenvalue weighted by Gasteiger charge is 2.35. The van der Waals surface area contributed by atoms with Crippen LogP contribution in [0.25, 0.3) is 0 Å². The summed E-state index contributed by atoms with van der Waals surface area (Å²) in [6.45, 7) is 5.76. The molecular formula is C12H15F3N2O2. The second-order valence-electron chi connectivity index (χ2n) is 4.27. The molecule has 1 rings (SSSR count). The van der Waals surface area contributed by atoms with E-state index >= 15 is 0 Å². The number of carboxylic acid groups (broad SMARTS) is 1. The fourth-order valence-electron chi connectivity index (χ4n) is 1.76. The van der Waals surface area contributed by atoms with Crippen molar-refractivity contribution in [2.24, 2.45) is 10.9 Å². The van der Waals surface area contributed by atoms with Gasteiger partial charge in [-0.3, -0.25) is 9.79 Å². The number of allylic oxidation sites excluding steroid dienone is 2. The van der Waals surface area contributed by atoms with E-state index in [9.17, 15) is 18.0 Å². The van der Waals surface area contributed by atoms with Gasteiger partial charge in [-0.25, -0.2) is 0 Å². The number of rotatable bonds is 5. The first-order chi connectivity index (χ1) is 8.74. The SMILES string of the molecule is C=C(/C=C(\N=CC)C(F)(F)F)N1CC(CC(=O)O)C1. The molecule has 4 nitrogen and oxygen atoms in total. The van der Waals surface area contributed by atoms with Crippen LogP contribution in [0.5, 0.6) is 0 Å². The number of alkyl halides is 3. The minimum absolute atomic E-state index is 0.0206. The number of hydrogen-bond acceptors (Lipinski definition) is 3. The number of carboxylic acids is 1. The van der Waals surface area contributed by atoms with Gasteiger partial charge in [-0.15, -0.1) is 0 Å². The Morgan fingerprint density at radius 1 is 1.53 bits per heavy atom. The Balaban J connectivity index is 2.62. The van der Waals surface area contributed by atoms with Gasteiger partial charge < -0.3 is 10.0 Å². The van der Waals surface area contributed by atoms with E-state index in [2.05, 4.69) is 11.6 Å². The lowest BCUT2D eigenvalue weighted by molar-refractivity contribution is -0.139. The molecule has 106 valence electrons. The summed E-state index contributed by atoms with van der Waals surface area (Å²) in [5.74, 6) is -0.941. The highest BCUT2D eigenvalue weighted by atomic mass is 19.4. The molecule has 0 aromatic rings. The zero-order chi connectivity index (χ0) is 14.6. The van der Waals surface area contributed by atoms with E-state index in [1.807, 2.05) is 0 Å². The molecule has 1 heterocycles. The van der Waals surface area contributed by atoms with Gasteiger partial charge in [0.15, 0.2) is 0 Å². The van der Waals surface area contributed by atoms with Crippen LogP contribution in [-0.2, 0) is 4.79 Å². The maximum atomic E-state index is 12.6. The van der Waals surface area contributed by atoms with Gasteiger partial charge in [0.25, 0.3) is 0 Å². The Morgan fingerprint density at radius 3 is 2.53 bits per heavy atom. The summed E-state index contributed by atoms with van der Waals surface area (Å²) in [5.41, 5.74) is -0.818. The lowest BCUT2D eigenvalue weighted by Gasteiger charge is -2.40. The molecule has 7 heteroatoms. The Labute approximate surface area is 108 Å². The third kappa shape index (κ3) is 4.42. The predicted octanol–water partition coefficient (Wildman–Crippen LogP) is 2.44. The molecule has 0 aromatic carbocycles. The van der Waals surface area contributed by atoms with Crippen LogP contribution in [0, 0.1) is 5.92 Å². The van der Waals surface area contributed by atoms with Crippen molar-refractivity contribution in [1.29, 1.82) is 0 Å². The van der Waals surface area contributed by atoms with Crippen molar-refractivity contribution in [2.75, 3.05) is 13.1 Å². The number of hydrogen-bond donors (Lipinski definition) is 1. The third-order valence-electron chi connectivity index (χ3n) is 2.69. The molecular weight excluding hydrogens is 261 g/mol. The van der Waals surface area contributed by atoms with Crippen LogP contribution in [0.4, 0.5) is 13.2 Å². The topological polar surface area (TPSA) is 52.9 Å². The maximum absolute atomic E-state index is 12.6. The third-order valence-corrected chi connectivity index (χ3v) is 2.69. The number of likely N-dealkylation sites (tertiary alicyclic amines) is 1. The molecule has 1 saturated heterocycles. The van der Waals surface area contributed by atoms with Crippen molar-refractivity contribution >= 4 is 12.2 Å². The first kappa shape index (κ1) is 15.3. The van der Waals surface area contributed by atoms with Crippen LogP contribution < -0.4 is 0 Å². The smallest absolute Gasteiger partial charge is 0.433 e. The fourth-order valence-corrected chi connectivity index (χ4v) is 1.76. The average molecular weight is 276 g/mol. The molecule has 0 bridgehead atoms. The second-order valence-corrected chi connectivity index (χ2v) is 4.27. The van der Waals surface area contributed by atoms with E-state index in [1.165, 1.54) is 6.92 Å². The number of aliphatic imine (C=N–C) groups is 1. The van der Waals surface area contributed by atoms with Gasteiger partial charge in [-0.05, 0) is 13.0 Å². The van der Waals surface area contributed by atoms with Gasteiger partial charge in [0.1, 0.15) is 5.70 Å². The Hall–Kier alpha value is -1.79. The Kier molecular flexibility index (Phi) is 4.74. The molecule has 1 N–H and O–H groups in total. The largest absolute Gasteiger partial charge is 0.481 e. The number of carbonyl (C=O) groups is 1. The van der Waals surface area contributed by atoms with Gasteiger partial charge in [0.05, 0.1) is 6.42 Å². The van der Waals surface area contributed by atoms with Crippen LogP contribution >= 0.6 is 0 Å². The van der Waals surface area contributed by atoms with Crippen LogP contribution in [-0.4, -0.2) is 41.5 Å². The summed E-state index contributed by atoms with van der Waals surface area (Å²) < 4.78 is 37.7. The van der Waals surface area contributed by atoms with E-state index in [0.29, 0.717) is 13.1 Å². The molecule has 0 radical (unpaired) electrons.